The van der Waals surface area contributed by atoms with Crippen molar-refractivity contribution in [1.29, 1.82) is 0 Å². The number of ether oxygens (including phenoxy) is 1. The van der Waals surface area contributed by atoms with Crippen LogP contribution in [0.2, 0.25) is 0 Å². The fourth-order valence-electron chi connectivity index (χ4n) is 4.14. The van der Waals surface area contributed by atoms with Crippen molar-refractivity contribution in [3.8, 4) is 11.4 Å². The molecule has 1 spiro atoms. The van der Waals surface area contributed by atoms with Crippen LogP contribution in [0.15, 0.2) is 29.0 Å². The molecule has 0 saturated carbocycles. The summed E-state index contributed by atoms with van der Waals surface area (Å²) in [6.45, 7) is 7.51. The summed E-state index contributed by atoms with van der Waals surface area (Å²) in [5.74, 6) is 1.56. The van der Waals surface area contributed by atoms with Gasteiger partial charge in [0.15, 0.2) is 0 Å². The van der Waals surface area contributed by atoms with Crippen LogP contribution >= 0.6 is 0 Å². The fourth-order valence-corrected chi connectivity index (χ4v) is 4.14. The first-order valence-corrected chi connectivity index (χ1v) is 9.92. The zero-order valence-electron chi connectivity index (χ0n) is 16.4. The smallest absolute Gasteiger partial charge is 0.317 e. The first-order valence-electron chi connectivity index (χ1n) is 9.92. The van der Waals surface area contributed by atoms with E-state index in [-0.39, 0.29) is 17.4 Å². The molecule has 1 N–H and O–H groups in total. The second kappa shape index (κ2) is 7.87. The number of urea groups is 1. The number of nitrogens with zero attached hydrogens (tertiary/aromatic N) is 4. The Kier molecular flexibility index (Phi) is 5.30. The summed E-state index contributed by atoms with van der Waals surface area (Å²) < 4.78 is 11.3. The Balaban J connectivity index is 1.57. The average molecular weight is 385 g/mol. The first-order chi connectivity index (χ1) is 13.6. The predicted octanol–water partition coefficient (Wildman–Crippen LogP) is 2.69. The number of hydrogen-bond acceptors (Lipinski definition) is 6. The molecule has 0 aromatic carbocycles. The summed E-state index contributed by atoms with van der Waals surface area (Å²) >= 11 is 0. The maximum absolute atomic E-state index is 12.7. The van der Waals surface area contributed by atoms with E-state index < -0.39 is 0 Å². The summed E-state index contributed by atoms with van der Waals surface area (Å²) in [5.41, 5.74) is 0.745. The molecule has 4 rings (SSSR count). The molecule has 0 radical (unpaired) electrons. The molecule has 2 aromatic rings. The van der Waals surface area contributed by atoms with Gasteiger partial charge in [0.05, 0.1) is 5.92 Å². The molecule has 1 atom stereocenters. The van der Waals surface area contributed by atoms with Gasteiger partial charge in [-0.25, -0.2) is 4.79 Å². The number of rotatable bonds is 4. The highest BCUT2D eigenvalue weighted by molar-refractivity contribution is 5.74. The number of aromatic nitrogens is 3. The van der Waals surface area contributed by atoms with Crippen LogP contribution in [0.3, 0.4) is 0 Å². The van der Waals surface area contributed by atoms with Crippen molar-refractivity contribution < 1.29 is 14.1 Å². The summed E-state index contributed by atoms with van der Waals surface area (Å²) in [6, 6.07) is 3.74. The van der Waals surface area contributed by atoms with Crippen LogP contribution in [0.5, 0.6) is 0 Å². The van der Waals surface area contributed by atoms with Crippen LogP contribution in [-0.4, -0.2) is 58.9 Å². The normalized spacial score (nSPS) is 21.4. The summed E-state index contributed by atoms with van der Waals surface area (Å²) in [4.78, 5) is 23.4. The van der Waals surface area contributed by atoms with Gasteiger partial charge in [-0.15, -0.1) is 0 Å². The second-order valence-corrected chi connectivity index (χ2v) is 8.19. The third-order valence-electron chi connectivity index (χ3n) is 5.74. The molecule has 2 amide bonds. The van der Waals surface area contributed by atoms with Crippen LogP contribution in [0.25, 0.3) is 11.4 Å². The minimum atomic E-state index is -0.0772. The van der Waals surface area contributed by atoms with Gasteiger partial charge in [-0.1, -0.05) is 19.0 Å². The van der Waals surface area contributed by atoms with Crippen molar-refractivity contribution in [2.24, 2.45) is 11.3 Å². The summed E-state index contributed by atoms with van der Waals surface area (Å²) in [6.07, 6.45) is 5.21. The Morgan fingerprint density at radius 1 is 1.39 bits per heavy atom. The quantitative estimate of drug-likeness (QED) is 0.870. The Labute approximate surface area is 164 Å². The van der Waals surface area contributed by atoms with E-state index in [4.69, 9.17) is 9.26 Å². The van der Waals surface area contributed by atoms with Crippen molar-refractivity contribution >= 4 is 6.03 Å². The van der Waals surface area contributed by atoms with Crippen LogP contribution in [0.4, 0.5) is 4.79 Å². The summed E-state index contributed by atoms with van der Waals surface area (Å²) in [5, 5.41) is 7.19. The Morgan fingerprint density at radius 2 is 2.21 bits per heavy atom. The highest BCUT2D eigenvalue weighted by Gasteiger charge is 2.51. The standard InChI is InChI=1S/C20H27N5O3/c1-14(2)10-22-19(26)25-12-16(20(13-25)5-8-27-9-6-20)18-23-17(24-28-18)15-4-3-7-21-11-15/h3-4,7,11,14,16H,5-6,8-10,12-13H2,1-2H3,(H,22,26)/t16-/m1/s1. The largest absolute Gasteiger partial charge is 0.381 e. The van der Waals surface area contributed by atoms with Crippen molar-refractivity contribution in [2.75, 3.05) is 32.8 Å². The van der Waals surface area contributed by atoms with Gasteiger partial charge in [0.1, 0.15) is 0 Å². The van der Waals surface area contributed by atoms with Gasteiger partial charge in [0.25, 0.3) is 0 Å². The number of carbonyl (C=O) groups excluding carboxylic acids is 1. The van der Waals surface area contributed by atoms with E-state index in [9.17, 15) is 4.79 Å². The van der Waals surface area contributed by atoms with Gasteiger partial charge in [-0.05, 0) is 30.9 Å². The molecule has 0 aliphatic carbocycles. The van der Waals surface area contributed by atoms with Gasteiger partial charge >= 0.3 is 6.03 Å². The third kappa shape index (κ3) is 3.73. The topological polar surface area (TPSA) is 93.4 Å². The molecule has 0 bridgehead atoms. The van der Waals surface area contributed by atoms with Crippen LogP contribution in [0, 0.1) is 11.3 Å². The zero-order chi connectivity index (χ0) is 19.6. The Hall–Kier alpha value is -2.48. The molecule has 8 heteroatoms. The van der Waals surface area contributed by atoms with Gasteiger partial charge < -0.3 is 19.5 Å². The zero-order valence-corrected chi connectivity index (χ0v) is 16.4. The molecular weight excluding hydrogens is 358 g/mol. The number of carbonyl (C=O) groups is 1. The molecule has 150 valence electrons. The van der Waals surface area contributed by atoms with Gasteiger partial charge in [0, 0.05) is 56.2 Å². The molecule has 0 unspecified atom stereocenters. The number of likely N-dealkylation sites (tertiary alicyclic amines) is 1. The van der Waals surface area contributed by atoms with Crippen molar-refractivity contribution in [3.05, 3.63) is 30.4 Å². The van der Waals surface area contributed by atoms with E-state index in [2.05, 4.69) is 34.3 Å². The number of hydrogen-bond donors (Lipinski definition) is 1. The molecule has 8 nitrogen and oxygen atoms in total. The maximum Gasteiger partial charge on any atom is 0.317 e. The summed E-state index contributed by atoms with van der Waals surface area (Å²) in [7, 11) is 0. The van der Waals surface area contributed by atoms with Gasteiger partial charge in [-0.2, -0.15) is 4.98 Å². The van der Waals surface area contributed by atoms with E-state index in [0.717, 1.165) is 18.4 Å². The minimum absolute atomic E-state index is 0.0131. The van der Waals surface area contributed by atoms with Crippen LogP contribution < -0.4 is 5.32 Å². The SMILES string of the molecule is CC(C)CNC(=O)N1C[C@H](c2nc(-c3cccnc3)no2)C2(CCOCC2)C1. The van der Waals surface area contributed by atoms with E-state index in [1.165, 1.54) is 0 Å². The molecule has 2 aliphatic rings. The molecule has 2 aromatic heterocycles. The second-order valence-electron chi connectivity index (χ2n) is 8.19. The van der Waals surface area contributed by atoms with Crippen molar-refractivity contribution in [3.63, 3.8) is 0 Å². The molecule has 2 aliphatic heterocycles. The van der Waals surface area contributed by atoms with Crippen molar-refractivity contribution in [1.82, 2.24) is 25.3 Å². The predicted molar refractivity (Wildman–Crippen MR) is 103 cm³/mol. The lowest BCUT2D eigenvalue weighted by Gasteiger charge is -2.36. The molecular formula is C20H27N5O3. The van der Waals surface area contributed by atoms with E-state index in [1.54, 1.807) is 12.4 Å². The highest BCUT2D eigenvalue weighted by atomic mass is 16.5. The fraction of sp³-hybridized carbons (Fsp3) is 0.600. The van der Waals surface area contributed by atoms with E-state index in [0.29, 0.717) is 50.5 Å². The number of amides is 2. The van der Waals surface area contributed by atoms with Crippen molar-refractivity contribution in [2.45, 2.75) is 32.6 Å². The lowest BCUT2D eigenvalue weighted by atomic mass is 9.72. The maximum atomic E-state index is 12.7. The number of nitrogens with one attached hydrogen (secondary N) is 1. The lowest BCUT2D eigenvalue weighted by Crippen LogP contribution is -2.42. The van der Waals surface area contributed by atoms with Crippen LogP contribution in [-0.2, 0) is 4.74 Å². The lowest BCUT2D eigenvalue weighted by molar-refractivity contribution is 0.00942. The average Bonchev–Trinajstić information content (AvgIpc) is 3.33. The molecule has 28 heavy (non-hydrogen) atoms. The molecule has 2 saturated heterocycles. The number of pyridine rings is 1. The molecule has 2 fully saturated rings. The van der Waals surface area contributed by atoms with Gasteiger partial charge in [-0.3, -0.25) is 4.98 Å². The monoisotopic (exact) mass is 385 g/mol. The van der Waals surface area contributed by atoms with E-state index >= 15 is 0 Å². The Bertz CT molecular complexity index is 801. The van der Waals surface area contributed by atoms with Gasteiger partial charge in [0.2, 0.25) is 11.7 Å². The van der Waals surface area contributed by atoms with Crippen LogP contribution in [0.1, 0.15) is 38.5 Å². The minimum Gasteiger partial charge on any atom is -0.381 e. The molecule has 4 heterocycles. The first kappa shape index (κ1) is 18.9. The van der Waals surface area contributed by atoms with E-state index in [1.807, 2.05) is 17.0 Å². The Morgan fingerprint density at radius 3 is 2.93 bits per heavy atom. The highest BCUT2D eigenvalue weighted by Crippen LogP contribution is 2.49. The third-order valence-corrected chi connectivity index (χ3v) is 5.74.